The van der Waals surface area contributed by atoms with Gasteiger partial charge in [-0.2, -0.15) is 0 Å². The summed E-state index contributed by atoms with van der Waals surface area (Å²) in [7, 11) is 0. The number of rotatable bonds is 3. The van der Waals surface area contributed by atoms with Crippen LogP contribution in [-0.2, 0) is 13.1 Å². The van der Waals surface area contributed by atoms with Crippen LogP contribution >= 0.6 is 36.2 Å². The predicted molar refractivity (Wildman–Crippen MR) is 112 cm³/mol. The number of fused-ring (bicyclic) bond motifs is 4. The number of hydrogen-bond donors (Lipinski definition) is 2. The Morgan fingerprint density at radius 1 is 1.33 bits per heavy atom. The quantitative estimate of drug-likeness (QED) is 0.783. The molecule has 2 atom stereocenters. The average Bonchev–Trinajstić information content (AvgIpc) is 2.91. The Kier molecular flexibility index (Phi) is 7.08. The topological polar surface area (TPSA) is 76.0 Å². The highest BCUT2D eigenvalue weighted by Gasteiger charge is 2.31. The molecule has 0 radical (unpaired) electrons. The molecule has 0 spiro atoms. The molecule has 2 N–H and O–H groups in total. The zero-order valence-electron chi connectivity index (χ0n) is 15.3. The number of hydrogen-bond acceptors (Lipinski definition) is 5. The highest BCUT2D eigenvalue weighted by molar-refractivity contribution is 7.11. The van der Waals surface area contributed by atoms with Crippen molar-refractivity contribution in [2.75, 3.05) is 13.1 Å². The Morgan fingerprint density at radius 3 is 2.81 bits per heavy atom. The number of thiazole rings is 1. The molecule has 2 aliphatic rings. The molecule has 148 valence electrons. The minimum Gasteiger partial charge on any atom is -0.347 e. The van der Waals surface area contributed by atoms with E-state index in [1.165, 1.54) is 0 Å². The lowest BCUT2D eigenvalue weighted by atomic mass is 9.84. The maximum absolute atomic E-state index is 12.8. The van der Waals surface area contributed by atoms with Crippen LogP contribution in [-0.4, -0.2) is 28.5 Å². The fraction of sp³-hybridized carbons (Fsp3) is 0.500. The molecule has 1 saturated heterocycles. The SMILES string of the molecule is Cc1nc(C)c(CNC(=O)c2ccc3n(c2=O)C[C@@H]2CNC[C@H]3C2)s1.Cl.Cl. The van der Waals surface area contributed by atoms with Crippen LogP contribution < -0.4 is 16.2 Å². The highest BCUT2D eigenvalue weighted by Crippen LogP contribution is 2.31. The van der Waals surface area contributed by atoms with Gasteiger partial charge in [0, 0.05) is 29.6 Å². The van der Waals surface area contributed by atoms with E-state index in [2.05, 4.69) is 15.6 Å². The minimum absolute atomic E-state index is 0. The van der Waals surface area contributed by atoms with Crippen LogP contribution in [0.3, 0.4) is 0 Å². The van der Waals surface area contributed by atoms with Gasteiger partial charge in [-0.3, -0.25) is 9.59 Å². The van der Waals surface area contributed by atoms with E-state index in [0.717, 1.165) is 40.8 Å². The smallest absolute Gasteiger partial charge is 0.263 e. The minimum atomic E-state index is -0.306. The molecule has 0 aromatic carbocycles. The van der Waals surface area contributed by atoms with Crippen LogP contribution in [0.15, 0.2) is 16.9 Å². The van der Waals surface area contributed by atoms with Gasteiger partial charge >= 0.3 is 0 Å². The van der Waals surface area contributed by atoms with Crippen molar-refractivity contribution in [1.82, 2.24) is 20.2 Å². The highest BCUT2D eigenvalue weighted by atomic mass is 35.5. The van der Waals surface area contributed by atoms with Crippen molar-refractivity contribution in [3.05, 3.63) is 49.3 Å². The molecule has 4 heterocycles. The van der Waals surface area contributed by atoms with Crippen LogP contribution in [0, 0.1) is 19.8 Å². The summed E-state index contributed by atoms with van der Waals surface area (Å²) in [6.45, 7) is 6.85. The van der Waals surface area contributed by atoms with Crippen LogP contribution in [0.4, 0.5) is 0 Å². The van der Waals surface area contributed by atoms with Crippen molar-refractivity contribution in [1.29, 1.82) is 0 Å². The predicted octanol–water partition coefficient (Wildman–Crippen LogP) is 2.40. The number of carbonyl (C=O) groups excluding carboxylic acids is 1. The largest absolute Gasteiger partial charge is 0.347 e. The summed E-state index contributed by atoms with van der Waals surface area (Å²) < 4.78 is 1.82. The summed E-state index contributed by atoms with van der Waals surface area (Å²) in [6, 6.07) is 3.63. The maximum atomic E-state index is 12.8. The van der Waals surface area contributed by atoms with E-state index in [4.69, 9.17) is 0 Å². The number of nitrogens with one attached hydrogen (secondary N) is 2. The van der Waals surface area contributed by atoms with Gasteiger partial charge in [0.2, 0.25) is 0 Å². The molecule has 1 fully saturated rings. The zero-order valence-corrected chi connectivity index (χ0v) is 17.7. The summed E-state index contributed by atoms with van der Waals surface area (Å²) in [5.41, 5.74) is 2.06. The second kappa shape index (κ2) is 8.73. The van der Waals surface area contributed by atoms with Gasteiger partial charge in [0.1, 0.15) is 5.56 Å². The fourth-order valence-electron chi connectivity index (χ4n) is 3.96. The summed E-state index contributed by atoms with van der Waals surface area (Å²) in [5, 5.41) is 7.29. The van der Waals surface area contributed by atoms with Gasteiger partial charge in [-0.25, -0.2) is 4.98 Å². The molecule has 2 aromatic heterocycles. The molecule has 2 aromatic rings. The van der Waals surface area contributed by atoms with Gasteiger partial charge in [0.25, 0.3) is 11.5 Å². The number of pyridine rings is 1. The molecule has 2 aliphatic heterocycles. The summed E-state index contributed by atoms with van der Waals surface area (Å²) in [6.07, 6.45) is 1.13. The first-order valence-electron chi connectivity index (χ1n) is 8.68. The van der Waals surface area contributed by atoms with Crippen LogP contribution in [0.5, 0.6) is 0 Å². The maximum Gasteiger partial charge on any atom is 0.263 e. The van der Waals surface area contributed by atoms with Crippen LogP contribution in [0.1, 0.15) is 44.0 Å². The van der Waals surface area contributed by atoms with E-state index in [0.29, 0.717) is 24.9 Å². The second-order valence-corrected chi connectivity index (χ2v) is 8.26. The van der Waals surface area contributed by atoms with Crippen molar-refractivity contribution >= 4 is 42.1 Å². The van der Waals surface area contributed by atoms with Crippen molar-refractivity contribution in [3.63, 3.8) is 0 Å². The standard InChI is InChI=1S/C18H22N4O2S.2ClH/c1-10-16(25-11(2)21-10)8-20-17(23)14-3-4-15-13-5-12(6-19-7-13)9-22(15)18(14)24;;/h3-4,12-13,19H,5-9H2,1-2H3,(H,20,23);2*1H/t12-,13+;;/m0../s1. The van der Waals surface area contributed by atoms with Crippen molar-refractivity contribution < 1.29 is 4.79 Å². The van der Waals surface area contributed by atoms with E-state index in [1.54, 1.807) is 17.4 Å². The lowest BCUT2D eigenvalue weighted by Crippen LogP contribution is -2.46. The Labute approximate surface area is 174 Å². The molecular weight excluding hydrogens is 407 g/mol. The Morgan fingerprint density at radius 2 is 2.11 bits per heavy atom. The molecule has 1 amide bonds. The zero-order chi connectivity index (χ0) is 17.6. The number of nitrogens with zero attached hydrogens (tertiary/aromatic N) is 2. The van der Waals surface area contributed by atoms with Gasteiger partial charge in [0.15, 0.2) is 0 Å². The van der Waals surface area contributed by atoms with E-state index < -0.39 is 0 Å². The number of aryl methyl sites for hydroxylation is 2. The third kappa shape index (κ3) is 4.21. The molecule has 2 bridgehead atoms. The lowest BCUT2D eigenvalue weighted by molar-refractivity contribution is 0.0948. The molecule has 0 unspecified atom stereocenters. The van der Waals surface area contributed by atoms with E-state index in [1.807, 2.05) is 24.5 Å². The lowest BCUT2D eigenvalue weighted by Gasteiger charge is -2.37. The second-order valence-electron chi connectivity index (χ2n) is 6.97. The molecule has 9 heteroatoms. The van der Waals surface area contributed by atoms with Crippen LogP contribution in [0.2, 0.25) is 0 Å². The first-order valence-corrected chi connectivity index (χ1v) is 9.50. The number of amides is 1. The summed E-state index contributed by atoms with van der Waals surface area (Å²) >= 11 is 1.57. The van der Waals surface area contributed by atoms with Gasteiger partial charge in [-0.1, -0.05) is 0 Å². The molecule has 27 heavy (non-hydrogen) atoms. The molecular formula is C18H24Cl2N4O2S. The first-order chi connectivity index (χ1) is 12.0. The monoisotopic (exact) mass is 430 g/mol. The average molecular weight is 431 g/mol. The number of carbonyl (C=O) groups is 1. The molecule has 0 saturated carbocycles. The van der Waals surface area contributed by atoms with Gasteiger partial charge in [-0.05, 0) is 44.9 Å². The number of piperidine rings is 1. The molecule has 6 nitrogen and oxygen atoms in total. The third-order valence-corrected chi connectivity index (χ3v) is 6.24. The van der Waals surface area contributed by atoms with E-state index in [-0.39, 0.29) is 41.8 Å². The van der Waals surface area contributed by atoms with Crippen molar-refractivity contribution in [2.45, 2.75) is 39.3 Å². The Balaban J connectivity index is 0.00000131. The van der Waals surface area contributed by atoms with Gasteiger partial charge in [0.05, 0.1) is 17.2 Å². The third-order valence-electron chi connectivity index (χ3n) is 5.16. The van der Waals surface area contributed by atoms with Crippen LogP contribution in [0.25, 0.3) is 0 Å². The first kappa shape index (κ1) is 21.9. The van der Waals surface area contributed by atoms with Crippen molar-refractivity contribution in [2.24, 2.45) is 5.92 Å². The van der Waals surface area contributed by atoms with Gasteiger partial charge < -0.3 is 15.2 Å². The van der Waals surface area contributed by atoms with Gasteiger partial charge in [-0.15, -0.1) is 36.2 Å². The fourth-order valence-corrected chi connectivity index (χ4v) is 4.83. The Hall–Kier alpha value is -1.41. The van der Waals surface area contributed by atoms with E-state index in [9.17, 15) is 9.59 Å². The normalized spacial score (nSPS) is 20.1. The molecule has 0 aliphatic carbocycles. The summed E-state index contributed by atoms with van der Waals surface area (Å²) in [4.78, 5) is 30.8. The Bertz CT molecular complexity index is 896. The number of aromatic nitrogens is 2. The summed E-state index contributed by atoms with van der Waals surface area (Å²) in [5.74, 6) is 0.546. The van der Waals surface area contributed by atoms with Crippen molar-refractivity contribution in [3.8, 4) is 0 Å². The van der Waals surface area contributed by atoms with E-state index >= 15 is 0 Å². The number of halogens is 2. The molecule has 4 rings (SSSR count).